The quantitative estimate of drug-likeness (QED) is 0.616. The minimum Gasteiger partial charge on any atom is -0.294 e. The average molecular weight is 288 g/mol. The van der Waals surface area contributed by atoms with E-state index < -0.39 is 0 Å². The number of fused-ring (bicyclic) bond motifs is 6. The smallest absolute Gasteiger partial charge is 0.163 e. The molecule has 3 aliphatic rings. The summed E-state index contributed by atoms with van der Waals surface area (Å²) in [7, 11) is 0. The van der Waals surface area contributed by atoms with E-state index >= 15 is 0 Å². The van der Waals surface area contributed by atoms with E-state index in [1.807, 2.05) is 0 Å². The van der Waals surface area contributed by atoms with Crippen molar-refractivity contribution < 1.29 is 4.79 Å². The van der Waals surface area contributed by atoms with Crippen LogP contribution in [-0.2, 0) is 5.41 Å². The van der Waals surface area contributed by atoms with Gasteiger partial charge in [0, 0.05) is 17.4 Å². The third kappa shape index (κ3) is 1.47. The lowest BCUT2D eigenvalue weighted by atomic mass is 9.62. The predicted octanol–water partition coefficient (Wildman–Crippen LogP) is 5.10. The Labute approximate surface area is 131 Å². The number of carbonyl (C=O) groups excluding carboxylic acids is 1. The van der Waals surface area contributed by atoms with E-state index in [2.05, 4.69) is 43.3 Å². The number of carbonyl (C=O) groups is 1. The first kappa shape index (κ1) is 12.6. The summed E-state index contributed by atoms with van der Waals surface area (Å²) < 4.78 is 0. The zero-order chi connectivity index (χ0) is 14.9. The maximum Gasteiger partial charge on any atom is 0.163 e. The number of hydrogen-bond acceptors (Lipinski definition) is 1. The van der Waals surface area contributed by atoms with Crippen molar-refractivity contribution >= 4 is 16.6 Å². The van der Waals surface area contributed by atoms with Gasteiger partial charge in [-0.1, -0.05) is 29.8 Å². The first-order valence-electron chi connectivity index (χ1n) is 8.42. The molecule has 0 aliphatic heterocycles. The second-order valence-corrected chi connectivity index (χ2v) is 7.45. The lowest BCUT2D eigenvalue weighted by Crippen LogP contribution is -2.37. The van der Waals surface area contributed by atoms with Gasteiger partial charge >= 0.3 is 0 Å². The maximum atomic E-state index is 12.6. The Balaban J connectivity index is 1.81. The molecule has 22 heavy (non-hydrogen) atoms. The summed E-state index contributed by atoms with van der Waals surface area (Å²) in [5.41, 5.74) is 5.53. The fraction of sp³-hybridized carbons (Fsp3) is 0.381. The highest BCUT2D eigenvalue weighted by Crippen LogP contribution is 2.59. The predicted molar refractivity (Wildman–Crippen MR) is 89.4 cm³/mol. The molecule has 0 heterocycles. The summed E-state index contributed by atoms with van der Waals surface area (Å²) in [6.07, 6.45) is 7.90. The number of rotatable bonds is 0. The van der Waals surface area contributed by atoms with Crippen molar-refractivity contribution in [3.05, 3.63) is 58.7 Å². The summed E-state index contributed by atoms with van der Waals surface area (Å²) in [4.78, 5) is 12.6. The van der Waals surface area contributed by atoms with Crippen molar-refractivity contribution in [2.75, 3.05) is 0 Å². The van der Waals surface area contributed by atoms with Gasteiger partial charge in [0.25, 0.3) is 0 Å². The van der Waals surface area contributed by atoms with E-state index in [4.69, 9.17) is 0 Å². The Morgan fingerprint density at radius 1 is 1.23 bits per heavy atom. The van der Waals surface area contributed by atoms with E-state index in [0.29, 0.717) is 5.78 Å². The average Bonchev–Trinajstić information content (AvgIpc) is 3.12. The fourth-order valence-corrected chi connectivity index (χ4v) is 5.24. The standard InChI is InChI=1S/C21H20O/c1-13-3-2-4-15-10-19-18(11-17(13)15)20(22)7-8-21(19)12-14-5-6-16(21)9-14/h2-5,10-11,16H,6-9,12H2,1H3. The molecule has 0 N–H and O–H groups in total. The molecule has 110 valence electrons. The molecule has 0 saturated heterocycles. The van der Waals surface area contributed by atoms with Crippen LogP contribution in [0.15, 0.2) is 42.0 Å². The van der Waals surface area contributed by atoms with Gasteiger partial charge in [-0.25, -0.2) is 0 Å². The van der Waals surface area contributed by atoms with Gasteiger partial charge in [0.1, 0.15) is 0 Å². The number of hydrogen-bond donors (Lipinski definition) is 0. The molecule has 1 heteroatoms. The van der Waals surface area contributed by atoms with Gasteiger partial charge in [0.2, 0.25) is 0 Å². The van der Waals surface area contributed by atoms with Gasteiger partial charge in [0.15, 0.2) is 5.78 Å². The highest BCUT2D eigenvalue weighted by Gasteiger charge is 2.51. The van der Waals surface area contributed by atoms with Crippen LogP contribution in [-0.4, -0.2) is 5.78 Å². The molecule has 2 aromatic carbocycles. The Kier molecular flexibility index (Phi) is 2.35. The molecule has 1 nitrogen and oxygen atoms in total. The second kappa shape index (κ2) is 4.10. The van der Waals surface area contributed by atoms with Crippen LogP contribution in [0.2, 0.25) is 0 Å². The van der Waals surface area contributed by atoms with Gasteiger partial charge < -0.3 is 0 Å². The summed E-state index contributed by atoms with van der Waals surface area (Å²) in [6.45, 7) is 2.14. The van der Waals surface area contributed by atoms with Crippen molar-refractivity contribution in [2.24, 2.45) is 5.92 Å². The molecule has 2 aromatic rings. The number of aryl methyl sites for hydroxylation is 1. The normalized spacial score (nSPS) is 29.2. The second-order valence-electron chi connectivity index (χ2n) is 7.45. The van der Waals surface area contributed by atoms with Gasteiger partial charge in [-0.2, -0.15) is 0 Å². The van der Waals surface area contributed by atoms with Crippen LogP contribution in [0.25, 0.3) is 10.8 Å². The number of ketones is 1. The molecule has 0 amide bonds. The van der Waals surface area contributed by atoms with E-state index in [0.717, 1.165) is 24.3 Å². The zero-order valence-corrected chi connectivity index (χ0v) is 13.0. The third-order valence-electron chi connectivity index (χ3n) is 6.40. The molecule has 2 unspecified atom stereocenters. The molecule has 1 spiro atoms. The van der Waals surface area contributed by atoms with E-state index in [1.54, 1.807) is 5.57 Å². The molecular weight excluding hydrogens is 268 g/mol. The van der Waals surface area contributed by atoms with E-state index in [1.165, 1.54) is 41.2 Å². The van der Waals surface area contributed by atoms with Crippen molar-refractivity contribution in [1.29, 1.82) is 0 Å². The van der Waals surface area contributed by atoms with Crippen molar-refractivity contribution in [1.82, 2.24) is 0 Å². The molecule has 0 radical (unpaired) electrons. The third-order valence-corrected chi connectivity index (χ3v) is 6.40. The van der Waals surface area contributed by atoms with Crippen LogP contribution < -0.4 is 0 Å². The van der Waals surface area contributed by atoms with Crippen LogP contribution in [0, 0.1) is 12.8 Å². The SMILES string of the molecule is Cc1cccc2cc3c(cc12)C(=O)CCC31CC2=CCC1C2. The molecular formula is C21H20O. The first-order chi connectivity index (χ1) is 10.7. The van der Waals surface area contributed by atoms with Crippen molar-refractivity contribution in [3.8, 4) is 0 Å². The number of Topliss-reactive ketones (excluding diaryl/α,β-unsaturated/α-hetero) is 1. The zero-order valence-electron chi connectivity index (χ0n) is 13.0. The molecule has 2 bridgehead atoms. The summed E-state index contributed by atoms with van der Waals surface area (Å²) in [6, 6.07) is 11.0. The summed E-state index contributed by atoms with van der Waals surface area (Å²) in [5, 5.41) is 2.54. The topological polar surface area (TPSA) is 17.1 Å². The minimum atomic E-state index is 0.255. The van der Waals surface area contributed by atoms with Gasteiger partial charge in [-0.15, -0.1) is 0 Å². The number of benzene rings is 2. The highest BCUT2D eigenvalue weighted by molar-refractivity contribution is 6.03. The van der Waals surface area contributed by atoms with Crippen molar-refractivity contribution in [3.63, 3.8) is 0 Å². The largest absolute Gasteiger partial charge is 0.294 e. The van der Waals surface area contributed by atoms with E-state index in [-0.39, 0.29) is 5.41 Å². The maximum absolute atomic E-state index is 12.6. The Bertz CT molecular complexity index is 858. The van der Waals surface area contributed by atoms with E-state index in [9.17, 15) is 4.79 Å². The van der Waals surface area contributed by atoms with Gasteiger partial charge in [-0.3, -0.25) is 4.79 Å². The van der Waals surface area contributed by atoms with Crippen LogP contribution in [0.4, 0.5) is 0 Å². The molecule has 5 rings (SSSR count). The Morgan fingerprint density at radius 3 is 2.91 bits per heavy atom. The minimum absolute atomic E-state index is 0.255. The Hall–Kier alpha value is -1.89. The number of allylic oxidation sites excluding steroid dienone is 2. The lowest BCUT2D eigenvalue weighted by molar-refractivity contribution is 0.0940. The summed E-state index contributed by atoms with van der Waals surface area (Å²) >= 11 is 0. The fourth-order valence-electron chi connectivity index (χ4n) is 5.24. The summed E-state index contributed by atoms with van der Waals surface area (Å²) in [5.74, 6) is 1.08. The molecule has 2 atom stereocenters. The molecule has 0 aromatic heterocycles. The van der Waals surface area contributed by atoms with Crippen LogP contribution in [0.5, 0.6) is 0 Å². The molecule has 1 fully saturated rings. The van der Waals surface area contributed by atoms with Gasteiger partial charge in [0.05, 0.1) is 0 Å². The molecule has 1 saturated carbocycles. The van der Waals surface area contributed by atoms with Gasteiger partial charge in [-0.05, 0) is 72.6 Å². The first-order valence-corrected chi connectivity index (χ1v) is 8.42. The van der Waals surface area contributed by atoms with Crippen LogP contribution in [0.1, 0.15) is 53.6 Å². The monoisotopic (exact) mass is 288 g/mol. The van der Waals surface area contributed by atoms with Crippen LogP contribution >= 0.6 is 0 Å². The van der Waals surface area contributed by atoms with Crippen LogP contribution in [0.3, 0.4) is 0 Å². The Morgan fingerprint density at radius 2 is 2.14 bits per heavy atom. The molecule has 3 aliphatic carbocycles. The van der Waals surface area contributed by atoms with Crippen molar-refractivity contribution in [2.45, 2.75) is 44.4 Å². The lowest BCUT2D eigenvalue weighted by Gasteiger charge is -2.41. The highest BCUT2D eigenvalue weighted by atomic mass is 16.1.